The predicted molar refractivity (Wildman–Crippen MR) is 71.4 cm³/mol. The maximum atomic E-state index is 8.55. The van der Waals surface area contributed by atoms with Gasteiger partial charge < -0.3 is 15.2 Å². The third kappa shape index (κ3) is 3.51. The van der Waals surface area contributed by atoms with Gasteiger partial charge in [0.1, 0.15) is 0 Å². The molecule has 2 N–H and O–H groups in total. The second-order valence-corrected chi connectivity index (χ2v) is 4.68. The fourth-order valence-electron chi connectivity index (χ4n) is 1.70. The molecule has 1 aromatic heterocycles. The molecular formula is C13H17NO2S. The highest BCUT2D eigenvalue weighted by Gasteiger charge is 2.01. The van der Waals surface area contributed by atoms with E-state index in [1.54, 1.807) is 11.3 Å². The number of nitrogens with one attached hydrogen (secondary N) is 1. The van der Waals surface area contributed by atoms with Crippen molar-refractivity contribution < 1.29 is 9.84 Å². The van der Waals surface area contributed by atoms with Crippen LogP contribution in [0.15, 0.2) is 29.6 Å². The zero-order valence-electron chi connectivity index (χ0n) is 9.69. The molecule has 2 rings (SSSR count). The van der Waals surface area contributed by atoms with Gasteiger partial charge in [0, 0.05) is 17.8 Å². The number of benzene rings is 1. The van der Waals surface area contributed by atoms with Crippen LogP contribution in [0.25, 0.3) is 10.1 Å². The van der Waals surface area contributed by atoms with E-state index < -0.39 is 0 Å². The molecule has 4 heteroatoms. The molecule has 0 aliphatic carbocycles. The molecule has 0 amide bonds. The SMILES string of the molecule is OCCOCCNCc1csc2ccccc12. The van der Waals surface area contributed by atoms with Gasteiger partial charge in [-0.3, -0.25) is 0 Å². The van der Waals surface area contributed by atoms with E-state index >= 15 is 0 Å². The molecule has 0 spiro atoms. The first-order valence-corrected chi connectivity index (χ1v) is 6.64. The first kappa shape index (κ1) is 12.5. The number of aliphatic hydroxyl groups is 1. The van der Waals surface area contributed by atoms with Crippen LogP contribution in [0.4, 0.5) is 0 Å². The Kier molecular flexibility index (Phi) is 4.94. The second kappa shape index (κ2) is 6.71. The summed E-state index contributed by atoms with van der Waals surface area (Å²) in [5, 5.41) is 15.4. The lowest BCUT2D eigenvalue weighted by molar-refractivity contribution is 0.0938. The topological polar surface area (TPSA) is 41.5 Å². The van der Waals surface area contributed by atoms with E-state index in [4.69, 9.17) is 9.84 Å². The molecule has 0 bridgehead atoms. The first-order valence-electron chi connectivity index (χ1n) is 5.76. The zero-order valence-corrected chi connectivity index (χ0v) is 10.5. The summed E-state index contributed by atoms with van der Waals surface area (Å²) in [6, 6.07) is 8.45. The van der Waals surface area contributed by atoms with Gasteiger partial charge in [-0.2, -0.15) is 0 Å². The van der Waals surface area contributed by atoms with Crippen molar-refractivity contribution in [1.29, 1.82) is 0 Å². The van der Waals surface area contributed by atoms with Gasteiger partial charge in [0.05, 0.1) is 19.8 Å². The number of hydrogen-bond acceptors (Lipinski definition) is 4. The number of fused-ring (bicyclic) bond motifs is 1. The fourth-order valence-corrected chi connectivity index (χ4v) is 2.67. The van der Waals surface area contributed by atoms with Crippen molar-refractivity contribution in [3.8, 4) is 0 Å². The van der Waals surface area contributed by atoms with Gasteiger partial charge in [0.25, 0.3) is 0 Å². The van der Waals surface area contributed by atoms with Crippen LogP contribution in [-0.4, -0.2) is 31.5 Å². The molecule has 0 saturated carbocycles. The van der Waals surface area contributed by atoms with Crippen molar-refractivity contribution in [2.24, 2.45) is 0 Å². The van der Waals surface area contributed by atoms with E-state index in [9.17, 15) is 0 Å². The lowest BCUT2D eigenvalue weighted by Crippen LogP contribution is -2.19. The molecule has 0 atom stereocenters. The van der Waals surface area contributed by atoms with Crippen molar-refractivity contribution in [3.63, 3.8) is 0 Å². The lowest BCUT2D eigenvalue weighted by Gasteiger charge is -2.04. The van der Waals surface area contributed by atoms with Crippen LogP contribution in [0.2, 0.25) is 0 Å². The summed E-state index contributed by atoms with van der Waals surface area (Å²) in [7, 11) is 0. The molecular weight excluding hydrogens is 234 g/mol. The molecule has 3 nitrogen and oxygen atoms in total. The van der Waals surface area contributed by atoms with Crippen LogP contribution >= 0.6 is 11.3 Å². The Labute approximate surface area is 105 Å². The van der Waals surface area contributed by atoms with Gasteiger partial charge in [-0.15, -0.1) is 11.3 Å². The Balaban J connectivity index is 1.79. The largest absolute Gasteiger partial charge is 0.394 e. The fraction of sp³-hybridized carbons (Fsp3) is 0.385. The predicted octanol–water partition coefficient (Wildman–Crippen LogP) is 2.00. The summed E-state index contributed by atoms with van der Waals surface area (Å²) >= 11 is 1.78. The van der Waals surface area contributed by atoms with Gasteiger partial charge in [0.15, 0.2) is 0 Å². The Hall–Kier alpha value is -0.940. The average molecular weight is 251 g/mol. The van der Waals surface area contributed by atoms with E-state index in [2.05, 4.69) is 35.0 Å². The van der Waals surface area contributed by atoms with Gasteiger partial charge in [-0.05, 0) is 22.4 Å². The molecule has 1 heterocycles. The third-order valence-corrected chi connectivity index (χ3v) is 3.55. The smallest absolute Gasteiger partial charge is 0.0698 e. The summed E-state index contributed by atoms with van der Waals surface area (Å²) in [5.41, 5.74) is 1.34. The third-order valence-electron chi connectivity index (χ3n) is 2.54. The van der Waals surface area contributed by atoms with Crippen molar-refractivity contribution in [2.45, 2.75) is 6.54 Å². The highest BCUT2D eigenvalue weighted by molar-refractivity contribution is 7.17. The van der Waals surface area contributed by atoms with E-state index in [0.29, 0.717) is 13.2 Å². The van der Waals surface area contributed by atoms with Gasteiger partial charge in [-0.1, -0.05) is 18.2 Å². The second-order valence-electron chi connectivity index (χ2n) is 3.77. The Morgan fingerprint density at radius 3 is 3.00 bits per heavy atom. The minimum Gasteiger partial charge on any atom is -0.394 e. The quantitative estimate of drug-likeness (QED) is 0.740. The standard InChI is InChI=1S/C13H17NO2S/c15-6-8-16-7-5-14-9-11-10-17-13-4-2-1-3-12(11)13/h1-4,10,14-15H,5-9H2. The van der Waals surface area contributed by atoms with E-state index in [1.165, 1.54) is 15.6 Å². The number of hydrogen-bond donors (Lipinski definition) is 2. The normalized spacial score (nSPS) is 11.1. The van der Waals surface area contributed by atoms with Crippen LogP contribution in [0, 0.1) is 0 Å². The van der Waals surface area contributed by atoms with Crippen LogP contribution in [-0.2, 0) is 11.3 Å². The molecule has 0 radical (unpaired) electrons. The van der Waals surface area contributed by atoms with Crippen molar-refractivity contribution in [1.82, 2.24) is 5.32 Å². The molecule has 0 fully saturated rings. The highest BCUT2D eigenvalue weighted by atomic mass is 32.1. The Morgan fingerprint density at radius 1 is 1.24 bits per heavy atom. The van der Waals surface area contributed by atoms with Crippen molar-refractivity contribution >= 4 is 21.4 Å². The van der Waals surface area contributed by atoms with Crippen molar-refractivity contribution in [2.75, 3.05) is 26.4 Å². The minimum absolute atomic E-state index is 0.0924. The molecule has 0 saturated heterocycles. The molecule has 0 aliphatic heterocycles. The maximum absolute atomic E-state index is 8.55. The molecule has 1 aromatic carbocycles. The number of rotatable bonds is 7. The van der Waals surface area contributed by atoms with E-state index in [0.717, 1.165) is 13.1 Å². The van der Waals surface area contributed by atoms with Crippen LogP contribution in [0.3, 0.4) is 0 Å². The van der Waals surface area contributed by atoms with Crippen LogP contribution in [0.1, 0.15) is 5.56 Å². The molecule has 92 valence electrons. The van der Waals surface area contributed by atoms with Crippen LogP contribution < -0.4 is 5.32 Å². The summed E-state index contributed by atoms with van der Waals surface area (Å²) < 4.78 is 6.51. The molecule has 0 aliphatic rings. The lowest BCUT2D eigenvalue weighted by atomic mass is 10.2. The van der Waals surface area contributed by atoms with Gasteiger partial charge >= 0.3 is 0 Å². The summed E-state index contributed by atoms with van der Waals surface area (Å²) in [5.74, 6) is 0. The van der Waals surface area contributed by atoms with Gasteiger partial charge in [-0.25, -0.2) is 0 Å². The van der Waals surface area contributed by atoms with Crippen LogP contribution in [0.5, 0.6) is 0 Å². The van der Waals surface area contributed by atoms with E-state index in [1.807, 2.05) is 0 Å². The molecule has 17 heavy (non-hydrogen) atoms. The van der Waals surface area contributed by atoms with Gasteiger partial charge in [0.2, 0.25) is 0 Å². The average Bonchev–Trinajstić information content (AvgIpc) is 2.77. The Bertz CT molecular complexity index is 455. The summed E-state index contributed by atoms with van der Waals surface area (Å²) in [6.07, 6.45) is 0. The zero-order chi connectivity index (χ0) is 11.9. The number of thiophene rings is 1. The minimum atomic E-state index is 0.0924. The number of aliphatic hydroxyl groups excluding tert-OH is 1. The first-order chi connectivity index (χ1) is 8.42. The summed E-state index contributed by atoms with van der Waals surface area (Å²) in [6.45, 7) is 2.83. The molecule has 0 unspecified atom stereocenters. The Morgan fingerprint density at radius 2 is 2.12 bits per heavy atom. The maximum Gasteiger partial charge on any atom is 0.0698 e. The van der Waals surface area contributed by atoms with E-state index in [-0.39, 0.29) is 6.61 Å². The monoisotopic (exact) mass is 251 g/mol. The summed E-state index contributed by atoms with van der Waals surface area (Å²) in [4.78, 5) is 0. The van der Waals surface area contributed by atoms with Crippen molar-refractivity contribution in [3.05, 3.63) is 35.2 Å². The molecule has 2 aromatic rings. The highest BCUT2D eigenvalue weighted by Crippen LogP contribution is 2.25. The number of ether oxygens (including phenoxy) is 1.